The zero-order chi connectivity index (χ0) is 14.1. The van der Waals surface area contributed by atoms with E-state index in [1.807, 2.05) is 0 Å². The van der Waals surface area contributed by atoms with Gasteiger partial charge in [0.2, 0.25) is 0 Å². The van der Waals surface area contributed by atoms with Crippen LogP contribution in [0.2, 0.25) is 0 Å². The van der Waals surface area contributed by atoms with Crippen LogP contribution in [0.1, 0.15) is 72.1 Å². The van der Waals surface area contributed by atoms with Gasteiger partial charge in [0, 0.05) is 0 Å². The minimum Gasteiger partial charge on any atom is -0.303 e. The van der Waals surface area contributed by atoms with Crippen molar-refractivity contribution in [3.05, 3.63) is 0 Å². The summed E-state index contributed by atoms with van der Waals surface area (Å²) < 4.78 is 14.8. The summed E-state index contributed by atoms with van der Waals surface area (Å²) in [5.74, 6) is 0. The number of hydrogen-bond donors (Lipinski definition) is 2. The Morgan fingerprint density at radius 3 is 1.78 bits per heavy atom. The molecule has 5 heteroatoms. The van der Waals surface area contributed by atoms with E-state index in [0.29, 0.717) is 5.41 Å². The molecule has 0 atom stereocenters. The summed E-state index contributed by atoms with van der Waals surface area (Å²) in [6.07, 6.45) is 9.17. The molecule has 0 unspecified atom stereocenters. The van der Waals surface area contributed by atoms with Crippen molar-refractivity contribution >= 4 is 7.82 Å². The first kappa shape index (κ1) is 18.1. The van der Waals surface area contributed by atoms with E-state index in [4.69, 9.17) is 9.79 Å². The first-order valence-electron chi connectivity index (χ1n) is 6.91. The number of hydrogen-bond acceptors (Lipinski definition) is 2. The van der Waals surface area contributed by atoms with Crippen LogP contribution < -0.4 is 0 Å². The number of phosphoric acid groups is 1. The molecule has 4 nitrogen and oxygen atoms in total. The lowest BCUT2D eigenvalue weighted by atomic mass is 9.89. The lowest BCUT2D eigenvalue weighted by Crippen LogP contribution is -2.03. The van der Waals surface area contributed by atoms with Crippen LogP contribution >= 0.6 is 7.82 Å². The van der Waals surface area contributed by atoms with Crippen molar-refractivity contribution in [2.75, 3.05) is 6.61 Å². The average molecular weight is 280 g/mol. The summed E-state index contributed by atoms with van der Waals surface area (Å²) in [5, 5.41) is 0. The fourth-order valence-corrected chi connectivity index (χ4v) is 2.19. The molecule has 0 rings (SSSR count). The Morgan fingerprint density at radius 1 is 0.889 bits per heavy atom. The van der Waals surface area contributed by atoms with Crippen LogP contribution in [0.3, 0.4) is 0 Å². The Labute approximate surface area is 111 Å². The third-order valence-electron chi connectivity index (χ3n) is 2.83. The third-order valence-corrected chi connectivity index (χ3v) is 3.35. The molecular weight excluding hydrogens is 251 g/mol. The van der Waals surface area contributed by atoms with Gasteiger partial charge >= 0.3 is 7.82 Å². The molecule has 0 saturated heterocycles. The predicted octanol–water partition coefficient (Wildman–Crippen LogP) is 4.26. The zero-order valence-corrected chi connectivity index (χ0v) is 12.9. The van der Waals surface area contributed by atoms with Crippen molar-refractivity contribution in [1.82, 2.24) is 0 Å². The normalized spacial score (nSPS) is 12.9. The number of phosphoric ester groups is 1. The molecule has 110 valence electrons. The monoisotopic (exact) mass is 280 g/mol. The lowest BCUT2D eigenvalue weighted by molar-refractivity contribution is 0.193. The van der Waals surface area contributed by atoms with Crippen LogP contribution in [0.5, 0.6) is 0 Å². The molecule has 0 aromatic heterocycles. The van der Waals surface area contributed by atoms with E-state index in [-0.39, 0.29) is 6.61 Å². The minimum absolute atomic E-state index is 0.161. The SMILES string of the molecule is CC(C)(C)CCCCCCCCCOP(=O)(O)O. The maximum absolute atomic E-state index is 10.4. The highest BCUT2D eigenvalue weighted by Crippen LogP contribution is 2.35. The van der Waals surface area contributed by atoms with Gasteiger partial charge in [-0.25, -0.2) is 4.57 Å². The molecule has 0 radical (unpaired) electrons. The van der Waals surface area contributed by atoms with Crippen LogP contribution in [0, 0.1) is 5.41 Å². The third kappa shape index (κ3) is 16.1. The van der Waals surface area contributed by atoms with Gasteiger partial charge in [0.15, 0.2) is 0 Å². The molecule has 18 heavy (non-hydrogen) atoms. The molecule has 0 aliphatic heterocycles. The minimum atomic E-state index is -4.25. The van der Waals surface area contributed by atoms with E-state index in [0.717, 1.165) is 19.3 Å². The molecular formula is C13H29O4P. The second kappa shape index (κ2) is 9.08. The Bertz CT molecular complexity index is 242. The quantitative estimate of drug-likeness (QED) is 0.463. The van der Waals surface area contributed by atoms with Crippen LogP contribution in [0.15, 0.2) is 0 Å². The summed E-state index contributed by atoms with van der Waals surface area (Å²) >= 11 is 0. The van der Waals surface area contributed by atoms with Crippen molar-refractivity contribution in [3.8, 4) is 0 Å². The summed E-state index contributed by atoms with van der Waals surface area (Å²) in [6.45, 7) is 6.98. The van der Waals surface area contributed by atoms with Crippen LogP contribution in [-0.4, -0.2) is 16.4 Å². The Hall–Kier alpha value is 0.110. The summed E-state index contributed by atoms with van der Waals surface area (Å²) in [5.41, 5.74) is 0.444. The second-order valence-corrected chi connectivity index (χ2v) is 7.35. The van der Waals surface area contributed by atoms with Crippen molar-refractivity contribution in [3.63, 3.8) is 0 Å². The second-order valence-electron chi connectivity index (χ2n) is 6.11. The highest BCUT2D eigenvalue weighted by molar-refractivity contribution is 7.46. The first-order chi connectivity index (χ1) is 8.21. The standard InChI is InChI=1S/C13H29O4P/c1-13(2,3)11-9-7-5-4-6-8-10-12-17-18(14,15)16/h4-12H2,1-3H3,(H2,14,15,16). The molecule has 0 spiro atoms. The van der Waals surface area contributed by atoms with E-state index in [2.05, 4.69) is 25.3 Å². The van der Waals surface area contributed by atoms with E-state index in [1.165, 1.54) is 32.1 Å². The van der Waals surface area contributed by atoms with Gasteiger partial charge in [0.25, 0.3) is 0 Å². The topological polar surface area (TPSA) is 66.8 Å². The Balaban J connectivity index is 3.15. The van der Waals surface area contributed by atoms with Crippen LogP contribution in [0.4, 0.5) is 0 Å². The molecule has 0 aromatic carbocycles. The highest BCUT2D eigenvalue weighted by Gasteiger charge is 2.12. The molecule has 0 aliphatic rings. The van der Waals surface area contributed by atoms with Gasteiger partial charge in [-0.05, 0) is 18.3 Å². The lowest BCUT2D eigenvalue weighted by Gasteiger charge is -2.17. The van der Waals surface area contributed by atoms with E-state index >= 15 is 0 Å². The van der Waals surface area contributed by atoms with Gasteiger partial charge in [-0.1, -0.05) is 59.3 Å². The smallest absolute Gasteiger partial charge is 0.303 e. The largest absolute Gasteiger partial charge is 0.469 e. The zero-order valence-electron chi connectivity index (χ0n) is 12.0. The van der Waals surface area contributed by atoms with Gasteiger partial charge in [-0.2, -0.15) is 0 Å². The van der Waals surface area contributed by atoms with E-state index in [9.17, 15) is 4.57 Å². The van der Waals surface area contributed by atoms with Crippen LogP contribution in [0.25, 0.3) is 0 Å². The van der Waals surface area contributed by atoms with Crippen molar-refractivity contribution in [2.24, 2.45) is 5.41 Å². The fourth-order valence-electron chi connectivity index (χ4n) is 1.82. The maximum Gasteiger partial charge on any atom is 0.469 e. The van der Waals surface area contributed by atoms with Crippen LogP contribution in [-0.2, 0) is 9.09 Å². The van der Waals surface area contributed by atoms with Gasteiger partial charge in [0.1, 0.15) is 0 Å². The fraction of sp³-hybridized carbons (Fsp3) is 1.00. The molecule has 0 amide bonds. The van der Waals surface area contributed by atoms with E-state index < -0.39 is 7.82 Å². The highest BCUT2D eigenvalue weighted by atomic mass is 31.2. The molecule has 0 bridgehead atoms. The van der Waals surface area contributed by atoms with Gasteiger partial charge < -0.3 is 9.79 Å². The molecule has 0 aliphatic carbocycles. The molecule has 0 saturated carbocycles. The molecule has 0 heterocycles. The first-order valence-corrected chi connectivity index (χ1v) is 8.44. The van der Waals surface area contributed by atoms with Crippen molar-refractivity contribution in [1.29, 1.82) is 0 Å². The van der Waals surface area contributed by atoms with Gasteiger partial charge in [-0.3, -0.25) is 4.52 Å². The van der Waals surface area contributed by atoms with Gasteiger partial charge in [0.05, 0.1) is 6.61 Å². The Morgan fingerprint density at radius 2 is 1.33 bits per heavy atom. The predicted molar refractivity (Wildman–Crippen MR) is 74.4 cm³/mol. The molecule has 0 fully saturated rings. The number of rotatable bonds is 10. The molecule has 2 N–H and O–H groups in total. The Kier molecular flexibility index (Phi) is 9.14. The van der Waals surface area contributed by atoms with Crippen molar-refractivity contribution < 1.29 is 18.9 Å². The van der Waals surface area contributed by atoms with Gasteiger partial charge in [-0.15, -0.1) is 0 Å². The molecule has 0 aromatic rings. The average Bonchev–Trinajstić information content (AvgIpc) is 2.17. The summed E-state index contributed by atoms with van der Waals surface area (Å²) in [6, 6.07) is 0. The van der Waals surface area contributed by atoms with E-state index in [1.54, 1.807) is 0 Å². The summed E-state index contributed by atoms with van der Waals surface area (Å²) in [7, 11) is -4.25. The summed E-state index contributed by atoms with van der Waals surface area (Å²) in [4.78, 5) is 16.9. The maximum atomic E-state index is 10.4. The number of unbranched alkanes of at least 4 members (excludes halogenated alkanes) is 6. The van der Waals surface area contributed by atoms with Crippen molar-refractivity contribution in [2.45, 2.75) is 72.1 Å².